The minimum atomic E-state index is -0.364. The molecule has 0 fully saturated rings. The van der Waals surface area contributed by atoms with Gasteiger partial charge in [-0.05, 0) is 30.5 Å². The van der Waals surface area contributed by atoms with Crippen LogP contribution in [0.1, 0.15) is 35.1 Å². The molecule has 1 aliphatic rings. The number of ether oxygens (including phenoxy) is 1. The Hall–Kier alpha value is -2.40. The van der Waals surface area contributed by atoms with Crippen molar-refractivity contribution < 1.29 is 9.53 Å². The van der Waals surface area contributed by atoms with E-state index in [0.717, 1.165) is 31.7 Å². The van der Waals surface area contributed by atoms with Crippen molar-refractivity contribution in [3.63, 3.8) is 0 Å². The first-order valence-corrected chi connectivity index (χ1v) is 8.34. The van der Waals surface area contributed by atoms with Crippen LogP contribution in [-0.2, 0) is 18.3 Å². The first-order valence-electron chi connectivity index (χ1n) is 8.34. The van der Waals surface area contributed by atoms with Gasteiger partial charge in [-0.25, -0.2) is 4.79 Å². The first kappa shape index (κ1) is 16.5. The molecule has 3 rings (SSSR count). The predicted molar refractivity (Wildman–Crippen MR) is 93.5 cm³/mol. The van der Waals surface area contributed by atoms with E-state index < -0.39 is 0 Å². The number of aryl methyl sites for hydroxylation is 1. The normalized spacial score (nSPS) is 15.2. The minimum Gasteiger partial charge on any atom is -0.461 e. The van der Waals surface area contributed by atoms with Crippen molar-refractivity contribution in [1.82, 2.24) is 14.7 Å². The van der Waals surface area contributed by atoms with Crippen molar-refractivity contribution >= 4 is 11.5 Å². The Labute approximate surface area is 142 Å². The molecule has 0 saturated carbocycles. The highest BCUT2D eigenvalue weighted by Gasteiger charge is 2.20. The van der Waals surface area contributed by atoms with Crippen molar-refractivity contribution in [2.75, 3.05) is 19.7 Å². The number of carbonyl (C=O) groups excluding carboxylic acids is 1. The van der Waals surface area contributed by atoms with Crippen LogP contribution in [0.4, 0.5) is 0 Å². The molecule has 24 heavy (non-hydrogen) atoms. The smallest absolute Gasteiger partial charge is 0.358 e. The molecule has 1 aromatic heterocycles. The average Bonchev–Trinajstić information content (AvgIpc) is 2.98. The monoisotopic (exact) mass is 325 g/mol. The fourth-order valence-corrected chi connectivity index (χ4v) is 3.04. The first-order chi connectivity index (χ1) is 11.7. The summed E-state index contributed by atoms with van der Waals surface area (Å²) in [5.41, 5.74) is 3.88. The highest BCUT2D eigenvalue weighted by molar-refractivity contribution is 5.88. The van der Waals surface area contributed by atoms with E-state index in [1.807, 2.05) is 19.2 Å². The summed E-state index contributed by atoms with van der Waals surface area (Å²) in [5.74, 6) is -0.364. The molecular weight excluding hydrogens is 302 g/mol. The fourth-order valence-electron chi connectivity index (χ4n) is 3.04. The second kappa shape index (κ2) is 7.45. The van der Waals surface area contributed by atoms with E-state index in [1.54, 1.807) is 11.6 Å². The van der Waals surface area contributed by atoms with Crippen LogP contribution in [0.3, 0.4) is 0 Å². The van der Waals surface area contributed by atoms with E-state index >= 15 is 0 Å². The fraction of sp³-hybridized carbons (Fsp3) is 0.368. The summed E-state index contributed by atoms with van der Waals surface area (Å²) in [7, 11) is 1.87. The molecule has 0 spiro atoms. The van der Waals surface area contributed by atoms with Gasteiger partial charge in [0.05, 0.1) is 12.3 Å². The topological polar surface area (TPSA) is 47.4 Å². The Bertz CT molecular complexity index is 734. The van der Waals surface area contributed by atoms with Gasteiger partial charge in [-0.3, -0.25) is 9.58 Å². The van der Waals surface area contributed by atoms with Gasteiger partial charge in [0.25, 0.3) is 0 Å². The van der Waals surface area contributed by atoms with E-state index in [1.165, 1.54) is 11.1 Å². The zero-order chi connectivity index (χ0) is 16.9. The lowest BCUT2D eigenvalue weighted by molar-refractivity contribution is 0.0518. The van der Waals surface area contributed by atoms with Crippen molar-refractivity contribution in [2.24, 2.45) is 7.05 Å². The molecule has 5 heteroatoms. The molecule has 0 amide bonds. The molecule has 0 unspecified atom stereocenters. The summed E-state index contributed by atoms with van der Waals surface area (Å²) in [4.78, 5) is 14.3. The summed E-state index contributed by atoms with van der Waals surface area (Å²) in [5, 5.41) is 4.30. The Morgan fingerprint density at radius 1 is 1.29 bits per heavy atom. The number of hydrogen-bond acceptors (Lipinski definition) is 4. The molecule has 0 N–H and O–H groups in total. The van der Waals surface area contributed by atoms with Crippen LogP contribution < -0.4 is 0 Å². The van der Waals surface area contributed by atoms with Crippen LogP contribution in [0.25, 0.3) is 5.57 Å². The number of esters is 1. The maximum atomic E-state index is 11.9. The quantitative estimate of drug-likeness (QED) is 0.793. The van der Waals surface area contributed by atoms with Gasteiger partial charge in [-0.1, -0.05) is 36.4 Å². The summed E-state index contributed by atoms with van der Waals surface area (Å²) in [6.07, 6.45) is 3.25. The second-order valence-corrected chi connectivity index (χ2v) is 5.97. The number of carbonyl (C=O) groups is 1. The van der Waals surface area contributed by atoms with E-state index in [9.17, 15) is 4.79 Å². The number of nitrogens with zero attached hydrogens (tertiary/aromatic N) is 3. The van der Waals surface area contributed by atoms with Gasteiger partial charge in [0.2, 0.25) is 0 Å². The molecule has 0 aliphatic carbocycles. The number of benzene rings is 1. The largest absolute Gasteiger partial charge is 0.461 e. The van der Waals surface area contributed by atoms with Crippen LogP contribution in [0.15, 0.2) is 42.5 Å². The van der Waals surface area contributed by atoms with E-state index in [0.29, 0.717) is 12.3 Å². The summed E-state index contributed by atoms with van der Waals surface area (Å²) in [6.45, 7) is 4.99. The van der Waals surface area contributed by atoms with Crippen molar-refractivity contribution in [2.45, 2.75) is 19.9 Å². The molecule has 126 valence electrons. The number of hydrogen-bond donors (Lipinski definition) is 0. The third-order valence-electron chi connectivity index (χ3n) is 4.17. The molecule has 5 nitrogen and oxygen atoms in total. The van der Waals surface area contributed by atoms with Crippen molar-refractivity contribution in [3.8, 4) is 0 Å². The standard InChI is InChI=1S/C19H23N3O2/c1-3-24-19(23)17-12-18(21(2)20-17)16-10-7-11-22(14-16)13-15-8-5-4-6-9-15/h4-6,8-10,12H,3,7,11,13-14H2,1-2H3. The van der Waals surface area contributed by atoms with Crippen molar-refractivity contribution in [1.29, 1.82) is 0 Å². The van der Waals surface area contributed by atoms with Gasteiger partial charge in [0.1, 0.15) is 0 Å². The highest BCUT2D eigenvalue weighted by Crippen LogP contribution is 2.22. The van der Waals surface area contributed by atoms with Gasteiger partial charge < -0.3 is 4.74 Å². The molecule has 1 aliphatic heterocycles. The molecule has 1 aromatic carbocycles. The molecule has 0 bridgehead atoms. The van der Waals surface area contributed by atoms with Crippen LogP contribution in [0, 0.1) is 0 Å². The predicted octanol–water partition coefficient (Wildman–Crippen LogP) is 2.89. The number of rotatable bonds is 5. The van der Waals surface area contributed by atoms with E-state index in [4.69, 9.17) is 4.74 Å². The Balaban J connectivity index is 1.73. The SMILES string of the molecule is CCOC(=O)c1cc(C2=CCCN(Cc3ccccc3)C2)n(C)n1. The van der Waals surface area contributed by atoms with Gasteiger partial charge >= 0.3 is 5.97 Å². The zero-order valence-corrected chi connectivity index (χ0v) is 14.2. The van der Waals surface area contributed by atoms with Gasteiger partial charge in [-0.15, -0.1) is 0 Å². The molecule has 0 radical (unpaired) electrons. The van der Waals surface area contributed by atoms with Gasteiger partial charge in [-0.2, -0.15) is 5.10 Å². The summed E-state index contributed by atoms with van der Waals surface area (Å²) < 4.78 is 6.81. The van der Waals surface area contributed by atoms with Crippen molar-refractivity contribution in [3.05, 3.63) is 59.4 Å². The van der Waals surface area contributed by atoms with Gasteiger partial charge in [0, 0.05) is 26.7 Å². The molecule has 0 saturated heterocycles. The lowest BCUT2D eigenvalue weighted by Gasteiger charge is -2.27. The van der Waals surface area contributed by atoms with E-state index in [-0.39, 0.29) is 5.97 Å². The maximum absolute atomic E-state index is 11.9. The third kappa shape index (κ3) is 3.74. The summed E-state index contributed by atoms with van der Waals surface area (Å²) >= 11 is 0. The Morgan fingerprint density at radius 3 is 2.83 bits per heavy atom. The Morgan fingerprint density at radius 2 is 2.08 bits per heavy atom. The third-order valence-corrected chi connectivity index (χ3v) is 4.17. The minimum absolute atomic E-state index is 0.359. The highest BCUT2D eigenvalue weighted by atomic mass is 16.5. The van der Waals surface area contributed by atoms with Crippen LogP contribution in [0.5, 0.6) is 0 Å². The van der Waals surface area contributed by atoms with Gasteiger partial charge in [0.15, 0.2) is 5.69 Å². The van der Waals surface area contributed by atoms with Crippen LogP contribution >= 0.6 is 0 Å². The van der Waals surface area contributed by atoms with Crippen LogP contribution in [-0.4, -0.2) is 40.3 Å². The summed E-state index contributed by atoms with van der Waals surface area (Å²) in [6, 6.07) is 12.3. The lowest BCUT2D eigenvalue weighted by atomic mass is 10.1. The molecule has 2 heterocycles. The molecular formula is C19H23N3O2. The lowest BCUT2D eigenvalue weighted by Crippen LogP contribution is -2.29. The second-order valence-electron chi connectivity index (χ2n) is 5.97. The Kier molecular flexibility index (Phi) is 5.11. The molecule has 2 aromatic rings. The zero-order valence-electron chi connectivity index (χ0n) is 14.2. The van der Waals surface area contributed by atoms with Crippen LogP contribution in [0.2, 0.25) is 0 Å². The van der Waals surface area contributed by atoms with E-state index in [2.05, 4.69) is 40.3 Å². The maximum Gasteiger partial charge on any atom is 0.358 e. The average molecular weight is 325 g/mol. The molecule has 0 atom stereocenters. The number of aromatic nitrogens is 2.